The van der Waals surface area contributed by atoms with Crippen LogP contribution >= 0.6 is 0 Å². The molecule has 0 aromatic heterocycles. The van der Waals surface area contributed by atoms with Gasteiger partial charge in [-0.15, -0.1) is 0 Å². The minimum Gasteiger partial charge on any atom is -0.343 e. The quantitative estimate of drug-likeness (QED) is 0.540. The normalized spacial score (nSPS) is 8.67. The van der Waals surface area contributed by atoms with E-state index in [2.05, 4.69) is 13.8 Å². The van der Waals surface area contributed by atoms with Crippen molar-refractivity contribution in [3.05, 3.63) is 6.92 Å². The van der Waals surface area contributed by atoms with E-state index < -0.39 is 0 Å². The van der Waals surface area contributed by atoms with Gasteiger partial charge in [-0.1, -0.05) is 39.0 Å². The van der Waals surface area contributed by atoms with Crippen LogP contribution in [0.1, 0.15) is 45.4 Å². The van der Waals surface area contributed by atoms with Gasteiger partial charge in [-0.05, 0) is 0 Å². The second-order valence-electron chi connectivity index (χ2n) is 2.27. The van der Waals surface area contributed by atoms with Crippen LogP contribution in [0.2, 0.25) is 0 Å². The third-order valence-electron chi connectivity index (χ3n) is 1.35. The summed E-state index contributed by atoms with van der Waals surface area (Å²) >= 11 is 0. The molecule has 0 aliphatic rings. The first-order valence-corrected chi connectivity index (χ1v) is 3.71. The van der Waals surface area contributed by atoms with Crippen LogP contribution in [0.5, 0.6) is 0 Å². The molecule has 0 saturated carbocycles. The minimum absolute atomic E-state index is 0. The Labute approximate surface area is 73.7 Å². The van der Waals surface area contributed by atoms with Crippen LogP contribution in [0.3, 0.4) is 0 Å². The van der Waals surface area contributed by atoms with Gasteiger partial charge in [-0.2, -0.15) is 6.42 Å². The van der Waals surface area contributed by atoms with E-state index in [9.17, 15) is 0 Å². The van der Waals surface area contributed by atoms with Crippen LogP contribution < -0.4 is 0 Å². The fraction of sp³-hybridized carbons (Fsp3) is 0.875. The van der Waals surface area contributed by atoms with Gasteiger partial charge in [-0.3, -0.25) is 0 Å². The molecule has 0 unspecified atom stereocenters. The van der Waals surface area contributed by atoms with Gasteiger partial charge in [0.05, 0.1) is 0 Å². The summed E-state index contributed by atoms with van der Waals surface area (Å²) in [5.74, 6) is 0. The molecule has 54 valence electrons. The second kappa shape index (κ2) is 11.5. The first kappa shape index (κ1) is 12.4. The fourth-order valence-corrected chi connectivity index (χ4v) is 0.780. The maximum absolute atomic E-state index is 3.78. The Morgan fingerprint density at radius 2 is 1.56 bits per heavy atom. The first-order valence-electron chi connectivity index (χ1n) is 3.71. The SMILES string of the molecule is [CH2-]CCCCCCC.[W+2]. The zero-order valence-electron chi connectivity index (χ0n) is 6.36. The van der Waals surface area contributed by atoms with E-state index in [1.54, 1.807) is 0 Å². The van der Waals surface area contributed by atoms with Crippen molar-refractivity contribution in [2.75, 3.05) is 0 Å². The predicted molar refractivity (Wildman–Crippen MR) is 38.7 cm³/mol. The van der Waals surface area contributed by atoms with Gasteiger partial charge in [0.1, 0.15) is 0 Å². The number of rotatable bonds is 5. The van der Waals surface area contributed by atoms with Gasteiger partial charge in [0.25, 0.3) is 0 Å². The van der Waals surface area contributed by atoms with Gasteiger partial charge < -0.3 is 6.92 Å². The third kappa shape index (κ3) is 12.0. The van der Waals surface area contributed by atoms with E-state index in [-0.39, 0.29) is 21.1 Å². The van der Waals surface area contributed by atoms with Gasteiger partial charge in [-0.25, -0.2) is 0 Å². The van der Waals surface area contributed by atoms with Crippen molar-refractivity contribution in [2.24, 2.45) is 0 Å². The molecule has 0 bridgehead atoms. The van der Waals surface area contributed by atoms with E-state index >= 15 is 0 Å². The van der Waals surface area contributed by atoms with Gasteiger partial charge in [0, 0.05) is 0 Å². The van der Waals surface area contributed by atoms with Crippen molar-refractivity contribution in [1.82, 2.24) is 0 Å². The standard InChI is InChI=1S/C8H17.W/c1-3-5-7-8-6-4-2;/h1,3-8H2,2H3;/q-1;+2. The van der Waals surface area contributed by atoms with Crippen molar-refractivity contribution < 1.29 is 21.1 Å². The molecule has 0 saturated heterocycles. The van der Waals surface area contributed by atoms with Crippen molar-refractivity contribution in [1.29, 1.82) is 0 Å². The summed E-state index contributed by atoms with van der Waals surface area (Å²) in [7, 11) is 0. The Morgan fingerprint density at radius 1 is 1.00 bits per heavy atom. The van der Waals surface area contributed by atoms with Crippen molar-refractivity contribution in [3.63, 3.8) is 0 Å². The van der Waals surface area contributed by atoms with Crippen LogP contribution in [-0.4, -0.2) is 0 Å². The zero-order valence-corrected chi connectivity index (χ0v) is 9.29. The maximum Gasteiger partial charge on any atom is 2.00 e. The van der Waals surface area contributed by atoms with Gasteiger partial charge in [0.2, 0.25) is 0 Å². The molecule has 1 heteroatoms. The molecule has 9 heavy (non-hydrogen) atoms. The number of hydrogen-bond donors (Lipinski definition) is 0. The molecule has 0 rings (SSSR count). The van der Waals surface area contributed by atoms with Gasteiger partial charge in [0.15, 0.2) is 0 Å². The molecule has 0 radical (unpaired) electrons. The molecule has 0 aromatic carbocycles. The van der Waals surface area contributed by atoms with E-state index in [1.807, 2.05) is 0 Å². The summed E-state index contributed by atoms with van der Waals surface area (Å²) in [6.45, 7) is 6.02. The smallest absolute Gasteiger partial charge is 0.343 e. The molecule has 0 aliphatic carbocycles. The molecule has 0 atom stereocenters. The molecule has 0 nitrogen and oxygen atoms in total. The fourth-order valence-electron chi connectivity index (χ4n) is 0.780. The summed E-state index contributed by atoms with van der Waals surface area (Å²) < 4.78 is 0. The molecular weight excluding hydrogens is 280 g/mol. The molecule has 0 fully saturated rings. The first-order chi connectivity index (χ1) is 3.91. The van der Waals surface area contributed by atoms with Crippen LogP contribution in [0.25, 0.3) is 0 Å². The Balaban J connectivity index is 0. The van der Waals surface area contributed by atoms with E-state index in [4.69, 9.17) is 0 Å². The van der Waals surface area contributed by atoms with Crippen LogP contribution in [0.4, 0.5) is 0 Å². The molecule has 0 aromatic rings. The van der Waals surface area contributed by atoms with Gasteiger partial charge >= 0.3 is 21.1 Å². The van der Waals surface area contributed by atoms with Crippen LogP contribution in [0.15, 0.2) is 0 Å². The predicted octanol–water partition coefficient (Wildman–Crippen LogP) is 3.18. The summed E-state index contributed by atoms with van der Waals surface area (Å²) in [4.78, 5) is 0. The topological polar surface area (TPSA) is 0 Å². The summed E-state index contributed by atoms with van der Waals surface area (Å²) in [6.07, 6.45) is 7.98. The summed E-state index contributed by atoms with van der Waals surface area (Å²) in [6, 6.07) is 0. The molecule has 0 N–H and O–H groups in total. The Morgan fingerprint density at radius 3 is 2.00 bits per heavy atom. The summed E-state index contributed by atoms with van der Waals surface area (Å²) in [5.41, 5.74) is 0. The average molecular weight is 297 g/mol. The Hall–Kier alpha value is 0.688. The maximum atomic E-state index is 3.78. The molecule has 0 heterocycles. The van der Waals surface area contributed by atoms with Crippen LogP contribution in [0, 0.1) is 6.92 Å². The largest absolute Gasteiger partial charge is 2.00 e. The molecular formula is C8H17W+. The summed E-state index contributed by atoms with van der Waals surface area (Å²) in [5, 5.41) is 0. The molecule has 0 aliphatic heterocycles. The Bertz CT molecular complexity index is 29.5. The monoisotopic (exact) mass is 297 g/mol. The van der Waals surface area contributed by atoms with Crippen molar-refractivity contribution in [2.45, 2.75) is 45.4 Å². The molecule has 0 amide bonds. The van der Waals surface area contributed by atoms with Crippen LogP contribution in [-0.2, 0) is 21.1 Å². The minimum atomic E-state index is 0. The number of unbranched alkanes of at least 4 members (excludes halogenated alkanes) is 5. The van der Waals surface area contributed by atoms with Crippen molar-refractivity contribution >= 4 is 0 Å². The average Bonchev–Trinajstić information content (AvgIpc) is 1.81. The second-order valence-corrected chi connectivity index (χ2v) is 2.27. The van der Waals surface area contributed by atoms with E-state index in [0.29, 0.717) is 0 Å². The molecule has 0 spiro atoms. The van der Waals surface area contributed by atoms with Crippen molar-refractivity contribution in [3.8, 4) is 0 Å². The van der Waals surface area contributed by atoms with E-state index in [1.165, 1.54) is 32.1 Å². The number of hydrogen-bond acceptors (Lipinski definition) is 0. The Kier molecular flexibility index (Phi) is 15.8. The third-order valence-corrected chi connectivity index (χ3v) is 1.35. The zero-order chi connectivity index (χ0) is 6.24. The van der Waals surface area contributed by atoms with E-state index in [0.717, 1.165) is 6.42 Å².